The highest BCUT2D eigenvalue weighted by molar-refractivity contribution is 5.82. The van der Waals surface area contributed by atoms with Crippen molar-refractivity contribution in [3.05, 3.63) is 47.7 Å². The summed E-state index contributed by atoms with van der Waals surface area (Å²) in [4.78, 5) is 4.19. The highest BCUT2D eigenvalue weighted by Crippen LogP contribution is 2.28. The van der Waals surface area contributed by atoms with Crippen molar-refractivity contribution in [1.29, 1.82) is 0 Å². The Labute approximate surface area is 66.1 Å². The summed E-state index contributed by atoms with van der Waals surface area (Å²) in [5, 5.41) is 0. The molecule has 0 atom stereocenters. The third kappa shape index (κ3) is 0.984. The van der Waals surface area contributed by atoms with E-state index >= 15 is 0 Å². The van der Waals surface area contributed by atoms with Crippen molar-refractivity contribution in [3.8, 4) is 0 Å². The average molecular weight is 143 g/mol. The molecule has 0 spiro atoms. The Morgan fingerprint density at radius 3 is 3.09 bits per heavy atom. The van der Waals surface area contributed by atoms with E-state index in [2.05, 4.69) is 23.7 Å². The van der Waals surface area contributed by atoms with Crippen molar-refractivity contribution in [2.24, 2.45) is 4.99 Å². The number of rotatable bonds is 2. The van der Waals surface area contributed by atoms with Crippen molar-refractivity contribution >= 4 is 6.21 Å². The fourth-order valence-corrected chi connectivity index (χ4v) is 1.30. The molecule has 1 aliphatic heterocycles. The van der Waals surface area contributed by atoms with E-state index in [-0.39, 0.29) is 0 Å². The van der Waals surface area contributed by atoms with Gasteiger partial charge in [-0.3, -0.25) is 4.99 Å². The summed E-state index contributed by atoms with van der Waals surface area (Å²) in [5.74, 6) is 0. The van der Waals surface area contributed by atoms with Gasteiger partial charge in [-0.1, -0.05) is 6.08 Å². The van der Waals surface area contributed by atoms with Crippen LogP contribution < -0.4 is 0 Å². The number of allylic oxidation sites excluding steroid dienone is 5. The minimum Gasteiger partial charge on any atom is -0.256 e. The molecule has 1 heteroatoms. The Kier molecular flexibility index (Phi) is 1.35. The van der Waals surface area contributed by atoms with E-state index in [0.29, 0.717) is 0 Å². The van der Waals surface area contributed by atoms with Crippen LogP contribution in [0.3, 0.4) is 0 Å². The molecule has 1 heterocycles. The van der Waals surface area contributed by atoms with E-state index in [1.54, 1.807) is 0 Å². The minimum absolute atomic E-state index is 0.941. The fraction of sp³-hybridized carbons (Fsp3) is 0.100. The maximum absolute atomic E-state index is 4.19. The van der Waals surface area contributed by atoms with Gasteiger partial charge in [0.1, 0.15) is 0 Å². The van der Waals surface area contributed by atoms with Gasteiger partial charge in [0, 0.05) is 11.8 Å². The summed E-state index contributed by atoms with van der Waals surface area (Å²) in [5.41, 5.74) is 3.64. The van der Waals surface area contributed by atoms with Gasteiger partial charge in [0.05, 0.1) is 5.70 Å². The normalized spacial score (nSPS) is 19.1. The molecule has 0 fully saturated rings. The predicted octanol–water partition coefficient (Wildman–Crippen LogP) is 2.40. The van der Waals surface area contributed by atoms with Crippen molar-refractivity contribution in [2.75, 3.05) is 0 Å². The van der Waals surface area contributed by atoms with Gasteiger partial charge >= 0.3 is 0 Å². The van der Waals surface area contributed by atoms with E-state index in [1.165, 1.54) is 11.1 Å². The molecule has 2 rings (SSSR count). The van der Waals surface area contributed by atoms with E-state index < -0.39 is 0 Å². The fourth-order valence-electron chi connectivity index (χ4n) is 1.30. The van der Waals surface area contributed by atoms with Crippen molar-refractivity contribution in [1.82, 2.24) is 0 Å². The summed E-state index contributed by atoms with van der Waals surface area (Å²) < 4.78 is 0. The van der Waals surface area contributed by atoms with Gasteiger partial charge in [0.25, 0.3) is 0 Å². The van der Waals surface area contributed by atoms with Gasteiger partial charge in [-0.15, -0.1) is 6.58 Å². The second-order valence-electron chi connectivity index (χ2n) is 2.64. The molecule has 0 unspecified atom stereocenters. The molecule has 0 saturated heterocycles. The minimum atomic E-state index is 0.941. The smallest absolute Gasteiger partial charge is 0.0705 e. The van der Waals surface area contributed by atoms with Gasteiger partial charge < -0.3 is 0 Å². The maximum atomic E-state index is 4.19. The molecule has 1 aliphatic carbocycles. The lowest BCUT2D eigenvalue weighted by molar-refractivity contribution is 1.30. The molecule has 0 saturated carbocycles. The van der Waals surface area contributed by atoms with Gasteiger partial charge in [0.2, 0.25) is 0 Å². The SMILES string of the molecule is C=CCC1=CC2=CC=NC2=C1. The number of fused-ring (bicyclic) bond motifs is 1. The maximum Gasteiger partial charge on any atom is 0.0705 e. The number of nitrogens with zero attached hydrogens (tertiary/aromatic N) is 1. The third-order valence-electron chi connectivity index (χ3n) is 1.81. The van der Waals surface area contributed by atoms with Gasteiger partial charge in [-0.25, -0.2) is 0 Å². The molecule has 11 heavy (non-hydrogen) atoms. The van der Waals surface area contributed by atoms with Gasteiger partial charge in [-0.05, 0) is 30.2 Å². The van der Waals surface area contributed by atoms with Crippen molar-refractivity contribution in [2.45, 2.75) is 6.42 Å². The first-order chi connectivity index (χ1) is 5.40. The standard InChI is InChI=1S/C10H9N/c1-2-3-8-6-9-4-5-11-10(9)7-8/h2,4-7H,1,3H2. The van der Waals surface area contributed by atoms with Crippen LogP contribution in [0.1, 0.15) is 6.42 Å². The molecule has 0 radical (unpaired) electrons. The summed E-state index contributed by atoms with van der Waals surface area (Å²) in [6.45, 7) is 3.69. The highest BCUT2D eigenvalue weighted by Gasteiger charge is 2.12. The van der Waals surface area contributed by atoms with Crippen LogP contribution in [-0.4, -0.2) is 6.21 Å². The Hall–Kier alpha value is -1.37. The summed E-state index contributed by atoms with van der Waals surface area (Å²) >= 11 is 0. The zero-order valence-corrected chi connectivity index (χ0v) is 6.25. The average Bonchev–Trinajstić information content (AvgIpc) is 2.46. The lowest BCUT2D eigenvalue weighted by Crippen LogP contribution is -1.69. The first-order valence-corrected chi connectivity index (χ1v) is 3.68. The van der Waals surface area contributed by atoms with Crippen molar-refractivity contribution < 1.29 is 0 Å². The molecule has 0 N–H and O–H groups in total. The zero-order valence-electron chi connectivity index (χ0n) is 6.25. The van der Waals surface area contributed by atoms with Crippen LogP contribution in [0.25, 0.3) is 0 Å². The molecule has 0 aromatic carbocycles. The quantitative estimate of drug-likeness (QED) is 0.526. The Morgan fingerprint density at radius 2 is 2.36 bits per heavy atom. The number of hydrogen-bond acceptors (Lipinski definition) is 1. The van der Waals surface area contributed by atoms with Crippen LogP contribution in [0.2, 0.25) is 0 Å². The molecule has 0 aromatic rings. The lowest BCUT2D eigenvalue weighted by Gasteiger charge is -1.87. The Morgan fingerprint density at radius 1 is 1.45 bits per heavy atom. The largest absolute Gasteiger partial charge is 0.256 e. The van der Waals surface area contributed by atoms with Gasteiger partial charge in [0.15, 0.2) is 0 Å². The molecular weight excluding hydrogens is 134 g/mol. The zero-order chi connectivity index (χ0) is 7.68. The van der Waals surface area contributed by atoms with E-state index in [9.17, 15) is 0 Å². The second-order valence-corrected chi connectivity index (χ2v) is 2.64. The molecule has 0 amide bonds. The van der Waals surface area contributed by atoms with Crippen LogP contribution in [0, 0.1) is 0 Å². The molecule has 54 valence electrons. The second kappa shape index (κ2) is 2.35. The summed E-state index contributed by atoms with van der Waals surface area (Å²) in [6.07, 6.45) is 11.0. The van der Waals surface area contributed by atoms with Crippen LogP contribution in [0.15, 0.2) is 52.7 Å². The van der Waals surface area contributed by atoms with Gasteiger partial charge in [-0.2, -0.15) is 0 Å². The van der Waals surface area contributed by atoms with Crippen LogP contribution in [0.4, 0.5) is 0 Å². The van der Waals surface area contributed by atoms with Crippen molar-refractivity contribution in [3.63, 3.8) is 0 Å². The molecule has 0 aromatic heterocycles. The Balaban J connectivity index is 2.26. The number of hydrogen-bond donors (Lipinski definition) is 0. The van der Waals surface area contributed by atoms with E-state index in [1.807, 2.05) is 18.4 Å². The first kappa shape index (κ1) is 6.35. The summed E-state index contributed by atoms with van der Waals surface area (Å²) in [7, 11) is 0. The molecule has 2 aliphatic rings. The van der Waals surface area contributed by atoms with Crippen LogP contribution >= 0.6 is 0 Å². The third-order valence-corrected chi connectivity index (χ3v) is 1.81. The monoisotopic (exact) mass is 143 g/mol. The topological polar surface area (TPSA) is 12.4 Å². The van der Waals surface area contributed by atoms with Crippen LogP contribution in [0.5, 0.6) is 0 Å². The number of aliphatic imine (C=N–C) groups is 1. The first-order valence-electron chi connectivity index (χ1n) is 3.68. The Bertz CT molecular complexity index is 314. The molecule has 1 nitrogen and oxygen atoms in total. The lowest BCUT2D eigenvalue weighted by atomic mass is 10.2. The predicted molar refractivity (Wildman–Crippen MR) is 47.6 cm³/mol. The van der Waals surface area contributed by atoms with E-state index in [0.717, 1.165) is 12.1 Å². The van der Waals surface area contributed by atoms with Crippen LogP contribution in [-0.2, 0) is 0 Å². The van der Waals surface area contributed by atoms with E-state index in [4.69, 9.17) is 0 Å². The summed E-state index contributed by atoms with van der Waals surface area (Å²) in [6, 6.07) is 0. The molecule has 0 bridgehead atoms. The highest BCUT2D eigenvalue weighted by atomic mass is 14.8. The molecular formula is C10H9N.